The molecular weight excluding hydrogens is 395 g/mol. The van der Waals surface area contributed by atoms with Crippen LogP contribution in [0.1, 0.15) is 28.7 Å². The predicted octanol–water partition coefficient (Wildman–Crippen LogP) is 2.65. The van der Waals surface area contributed by atoms with E-state index < -0.39 is 48.4 Å². The molecule has 0 aliphatic rings. The fourth-order valence-corrected chi connectivity index (χ4v) is 2.33. The molecule has 1 heterocycles. The van der Waals surface area contributed by atoms with Gasteiger partial charge < -0.3 is 19.5 Å². The van der Waals surface area contributed by atoms with E-state index in [2.05, 4.69) is 10.5 Å². The molecule has 1 aromatic carbocycles. The van der Waals surface area contributed by atoms with E-state index >= 15 is 0 Å². The Bertz CT molecular complexity index is 895. The van der Waals surface area contributed by atoms with Crippen LogP contribution in [0.5, 0.6) is 0 Å². The Kier molecular flexibility index (Phi) is 6.97. The van der Waals surface area contributed by atoms with Gasteiger partial charge >= 0.3 is 12.1 Å². The van der Waals surface area contributed by atoms with Crippen LogP contribution in [0.2, 0.25) is 0 Å². The number of carbonyl (C=O) groups excluding carboxylic acids is 3. The van der Waals surface area contributed by atoms with E-state index in [1.54, 1.807) is 13.8 Å². The molecule has 0 saturated carbocycles. The molecule has 8 nitrogen and oxygen atoms in total. The number of ether oxygens (including phenoxy) is 1. The molecule has 0 aliphatic heterocycles. The van der Waals surface area contributed by atoms with Gasteiger partial charge in [-0.25, -0.2) is 4.79 Å². The van der Waals surface area contributed by atoms with E-state index in [-0.39, 0.29) is 12.3 Å². The molecule has 2 aromatic rings. The Morgan fingerprint density at radius 2 is 1.93 bits per heavy atom. The quantitative estimate of drug-likeness (QED) is 0.701. The van der Waals surface area contributed by atoms with Crippen LogP contribution >= 0.6 is 0 Å². The number of hydrogen-bond donors (Lipinski definition) is 1. The highest BCUT2D eigenvalue weighted by Crippen LogP contribution is 2.34. The Morgan fingerprint density at radius 1 is 1.24 bits per heavy atom. The molecule has 0 radical (unpaired) electrons. The number of halogens is 3. The van der Waals surface area contributed by atoms with Crippen molar-refractivity contribution in [3.05, 3.63) is 47.3 Å². The van der Waals surface area contributed by atoms with Gasteiger partial charge in [-0.1, -0.05) is 17.3 Å². The SMILES string of the molecule is CCN(CC(=O)Nc1ccccc1C(F)(F)F)C(=O)COC(=O)c1cc(C)no1. The molecule has 0 aliphatic carbocycles. The molecule has 2 amide bonds. The number of likely N-dealkylation sites (N-methyl/N-ethyl adjacent to an activating group) is 1. The molecule has 156 valence electrons. The largest absolute Gasteiger partial charge is 0.450 e. The summed E-state index contributed by atoms with van der Waals surface area (Å²) in [6.07, 6.45) is -4.64. The van der Waals surface area contributed by atoms with Gasteiger partial charge in [-0.05, 0) is 26.0 Å². The van der Waals surface area contributed by atoms with Gasteiger partial charge in [-0.15, -0.1) is 0 Å². The highest BCUT2D eigenvalue weighted by molar-refractivity contribution is 5.95. The number of nitrogens with one attached hydrogen (secondary N) is 1. The van der Waals surface area contributed by atoms with Crippen LogP contribution in [0.3, 0.4) is 0 Å². The second-order valence-corrected chi connectivity index (χ2v) is 5.91. The lowest BCUT2D eigenvalue weighted by Gasteiger charge is -2.21. The zero-order valence-electron chi connectivity index (χ0n) is 15.6. The lowest BCUT2D eigenvalue weighted by atomic mass is 10.1. The number of aromatic nitrogens is 1. The summed E-state index contributed by atoms with van der Waals surface area (Å²) in [5.74, 6) is -2.61. The van der Waals surface area contributed by atoms with Crippen LogP contribution in [0.25, 0.3) is 0 Å². The third kappa shape index (κ3) is 6.06. The third-order valence-corrected chi connectivity index (χ3v) is 3.73. The van der Waals surface area contributed by atoms with Crippen molar-refractivity contribution in [1.82, 2.24) is 10.1 Å². The summed E-state index contributed by atoms with van der Waals surface area (Å²) < 4.78 is 48.5. The number of para-hydroxylation sites is 1. The Labute approximate surface area is 163 Å². The summed E-state index contributed by atoms with van der Waals surface area (Å²) in [6.45, 7) is 2.06. The monoisotopic (exact) mass is 413 g/mol. The first-order valence-electron chi connectivity index (χ1n) is 8.46. The number of hydrogen-bond acceptors (Lipinski definition) is 6. The minimum Gasteiger partial charge on any atom is -0.450 e. The standard InChI is InChI=1S/C18H18F3N3O5/c1-3-24(16(26)10-28-17(27)14-8-11(2)23-29-14)9-15(25)22-13-7-5-4-6-12(13)18(19,20)21/h4-8H,3,9-10H2,1-2H3,(H,22,25). The number of esters is 1. The zero-order valence-corrected chi connectivity index (χ0v) is 15.6. The summed E-state index contributed by atoms with van der Waals surface area (Å²) in [5, 5.41) is 5.66. The first-order valence-corrected chi connectivity index (χ1v) is 8.46. The van der Waals surface area contributed by atoms with Crippen LogP contribution in [-0.4, -0.2) is 47.5 Å². The Morgan fingerprint density at radius 3 is 2.52 bits per heavy atom. The van der Waals surface area contributed by atoms with Crippen molar-refractivity contribution < 1.29 is 36.8 Å². The number of rotatable bonds is 7. The minimum atomic E-state index is -4.64. The second-order valence-electron chi connectivity index (χ2n) is 5.91. The number of carbonyl (C=O) groups is 3. The number of nitrogens with zero attached hydrogens (tertiary/aromatic N) is 2. The van der Waals surface area contributed by atoms with E-state index in [9.17, 15) is 27.6 Å². The van der Waals surface area contributed by atoms with Gasteiger partial charge in [0.05, 0.1) is 23.5 Å². The predicted molar refractivity (Wildman–Crippen MR) is 93.9 cm³/mol. The highest BCUT2D eigenvalue weighted by atomic mass is 19.4. The van der Waals surface area contributed by atoms with Crippen LogP contribution in [0, 0.1) is 6.92 Å². The molecule has 0 atom stereocenters. The molecule has 1 N–H and O–H groups in total. The summed E-state index contributed by atoms with van der Waals surface area (Å²) in [5.41, 5.74) is -0.964. The Balaban J connectivity index is 1.94. The molecule has 0 unspecified atom stereocenters. The van der Waals surface area contributed by atoms with Crippen molar-refractivity contribution in [2.75, 3.05) is 25.0 Å². The van der Waals surface area contributed by atoms with E-state index in [4.69, 9.17) is 9.26 Å². The first kappa shape index (κ1) is 21.9. The van der Waals surface area contributed by atoms with Gasteiger partial charge in [0.15, 0.2) is 6.61 Å². The van der Waals surface area contributed by atoms with E-state index in [0.717, 1.165) is 17.0 Å². The molecule has 0 bridgehead atoms. The van der Waals surface area contributed by atoms with Gasteiger partial charge in [0.25, 0.3) is 5.91 Å². The van der Waals surface area contributed by atoms with Crippen LogP contribution in [0.4, 0.5) is 18.9 Å². The molecule has 1 aromatic heterocycles. The van der Waals surface area contributed by atoms with Gasteiger partial charge in [0.2, 0.25) is 11.7 Å². The maximum absolute atomic E-state index is 13.0. The molecular formula is C18H18F3N3O5. The summed E-state index contributed by atoms with van der Waals surface area (Å²) in [7, 11) is 0. The van der Waals surface area contributed by atoms with E-state index in [1.165, 1.54) is 18.2 Å². The molecule has 11 heteroatoms. The summed E-state index contributed by atoms with van der Waals surface area (Å²) in [6, 6.07) is 5.82. The van der Waals surface area contributed by atoms with Crippen molar-refractivity contribution in [3.8, 4) is 0 Å². The number of benzene rings is 1. The van der Waals surface area contributed by atoms with Crippen molar-refractivity contribution >= 4 is 23.5 Å². The smallest absolute Gasteiger partial charge is 0.418 e. The average Bonchev–Trinajstić information content (AvgIpc) is 3.10. The van der Waals surface area contributed by atoms with Crippen molar-refractivity contribution in [2.45, 2.75) is 20.0 Å². The normalized spacial score (nSPS) is 11.1. The van der Waals surface area contributed by atoms with Gasteiger partial charge in [0, 0.05) is 12.6 Å². The molecule has 2 rings (SSSR count). The summed E-state index contributed by atoms with van der Waals surface area (Å²) >= 11 is 0. The fraction of sp³-hybridized carbons (Fsp3) is 0.333. The van der Waals surface area contributed by atoms with Gasteiger partial charge in [-0.3, -0.25) is 9.59 Å². The second kappa shape index (κ2) is 9.22. The van der Waals surface area contributed by atoms with Gasteiger partial charge in [-0.2, -0.15) is 13.2 Å². The third-order valence-electron chi connectivity index (χ3n) is 3.73. The summed E-state index contributed by atoms with van der Waals surface area (Å²) in [4.78, 5) is 37.1. The van der Waals surface area contributed by atoms with Crippen molar-refractivity contribution in [2.24, 2.45) is 0 Å². The van der Waals surface area contributed by atoms with Gasteiger partial charge in [0.1, 0.15) is 0 Å². The molecule has 0 spiro atoms. The molecule has 0 fully saturated rings. The van der Waals surface area contributed by atoms with Crippen molar-refractivity contribution in [3.63, 3.8) is 0 Å². The average molecular weight is 413 g/mol. The number of anilines is 1. The number of alkyl halides is 3. The molecule has 0 saturated heterocycles. The van der Waals surface area contributed by atoms with Crippen LogP contribution in [-0.2, 0) is 20.5 Å². The highest BCUT2D eigenvalue weighted by Gasteiger charge is 2.33. The van der Waals surface area contributed by atoms with Crippen LogP contribution < -0.4 is 5.32 Å². The van der Waals surface area contributed by atoms with Crippen LogP contribution in [0.15, 0.2) is 34.9 Å². The maximum Gasteiger partial charge on any atom is 0.418 e. The molecule has 29 heavy (non-hydrogen) atoms. The lowest BCUT2D eigenvalue weighted by molar-refractivity contribution is -0.138. The van der Waals surface area contributed by atoms with Crippen molar-refractivity contribution in [1.29, 1.82) is 0 Å². The Hall–Kier alpha value is -3.37. The maximum atomic E-state index is 13.0. The minimum absolute atomic E-state index is 0.0755. The first-order chi connectivity index (χ1) is 13.6. The van der Waals surface area contributed by atoms with E-state index in [1.807, 2.05) is 0 Å². The zero-order chi connectivity index (χ0) is 21.6. The number of amides is 2. The number of aryl methyl sites for hydroxylation is 1. The van der Waals surface area contributed by atoms with E-state index in [0.29, 0.717) is 5.69 Å². The fourth-order valence-electron chi connectivity index (χ4n) is 2.33. The lowest BCUT2D eigenvalue weighted by Crippen LogP contribution is -2.40. The topological polar surface area (TPSA) is 102 Å².